The van der Waals surface area contributed by atoms with E-state index in [4.69, 9.17) is 4.74 Å². The van der Waals surface area contributed by atoms with Gasteiger partial charge in [0.25, 0.3) is 0 Å². The average molecular weight is 296 g/mol. The minimum absolute atomic E-state index is 0.236. The summed E-state index contributed by atoms with van der Waals surface area (Å²) in [7, 11) is 1.74. The molecule has 1 heterocycles. The molecule has 2 atom stereocenters. The van der Waals surface area contributed by atoms with Crippen molar-refractivity contribution in [3.8, 4) is 0 Å². The second kappa shape index (κ2) is 6.54. The van der Waals surface area contributed by atoms with E-state index in [0.29, 0.717) is 21.8 Å². The summed E-state index contributed by atoms with van der Waals surface area (Å²) in [6.07, 6.45) is 4.50. The molecule has 0 spiro atoms. The Morgan fingerprint density at radius 3 is 2.75 bits per heavy atom. The number of nitrogens with zero attached hydrogens (tertiary/aromatic N) is 2. The van der Waals surface area contributed by atoms with Crippen molar-refractivity contribution in [1.29, 1.82) is 0 Å². The number of aromatic nitrogens is 2. The fourth-order valence-corrected chi connectivity index (χ4v) is 4.04. The maximum atomic E-state index is 11.4. The van der Waals surface area contributed by atoms with Crippen molar-refractivity contribution in [2.24, 2.45) is 0 Å². The van der Waals surface area contributed by atoms with Crippen molar-refractivity contribution in [1.82, 2.24) is 9.97 Å². The van der Waals surface area contributed by atoms with E-state index < -0.39 is 5.97 Å². The maximum Gasteiger partial charge on any atom is 0.340 e. The molecule has 110 valence electrons. The number of hydrogen-bond acceptors (Lipinski definition) is 5. The molecule has 2 rings (SSSR count). The van der Waals surface area contributed by atoms with Crippen LogP contribution in [0.1, 0.15) is 47.6 Å². The molecule has 0 aliphatic heterocycles. The van der Waals surface area contributed by atoms with E-state index in [2.05, 4.69) is 9.97 Å². The minimum atomic E-state index is -0.955. The molecule has 1 saturated carbocycles. The summed E-state index contributed by atoms with van der Waals surface area (Å²) in [4.78, 5) is 19.9. The second-order valence-electron chi connectivity index (χ2n) is 5.11. The Labute approximate surface area is 123 Å². The molecular weight excluding hydrogens is 276 g/mol. The summed E-state index contributed by atoms with van der Waals surface area (Å²) in [5.74, 6) is -0.335. The van der Waals surface area contributed by atoms with Gasteiger partial charge in [-0.25, -0.2) is 14.8 Å². The third-order valence-corrected chi connectivity index (χ3v) is 4.85. The van der Waals surface area contributed by atoms with Gasteiger partial charge in [0.05, 0.1) is 11.8 Å². The zero-order valence-electron chi connectivity index (χ0n) is 12.0. The molecule has 5 nitrogen and oxygen atoms in total. The lowest BCUT2D eigenvalue weighted by Gasteiger charge is -2.27. The normalized spacial score (nSPS) is 22.8. The minimum Gasteiger partial charge on any atom is -0.478 e. The van der Waals surface area contributed by atoms with Crippen molar-refractivity contribution in [2.75, 3.05) is 7.11 Å². The van der Waals surface area contributed by atoms with E-state index in [9.17, 15) is 9.90 Å². The van der Waals surface area contributed by atoms with Crippen LogP contribution in [-0.4, -0.2) is 39.5 Å². The van der Waals surface area contributed by atoms with Gasteiger partial charge >= 0.3 is 5.97 Å². The SMILES string of the molecule is COC1CCCC(Sc2nc(C)nc(C)c2C(=O)O)C1. The fourth-order valence-electron chi connectivity index (χ4n) is 2.59. The largest absolute Gasteiger partial charge is 0.478 e. The van der Waals surface area contributed by atoms with Crippen molar-refractivity contribution < 1.29 is 14.6 Å². The molecule has 1 aliphatic carbocycles. The van der Waals surface area contributed by atoms with Gasteiger partial charge in [-0.15, -0.1) is 11.8 Å². The number of aryl methyl sites for hydroxylation is 2. The van der Waals surface area contributed by atoms with Gasteiger partial charge in [-0.2, -0.15) is 0 Å². The van der Waals surface area contributed by atoms with Crippen molar-refractivity contribution in [3.05, 3.63) is 17.1 Å². The molecule has 1 aromatic heterocycles. The quantitative estimate of drug-likeness (QED) is 0.861. The second-order valence-corrected chi connectivity index (χ2v) is 6.39. The van der Waals surface area contributed by atoms with Crippen molar-refractivity contribution >= 4 is 17.7 Å². The van der Waals surface area contributed by atoms with Gasteiger partial charge in [-0.1, -0.05) is 0 Å². The summed E-state index contributed by atoms with van der Waals surface area (Å²) in [6.45, 7) is 3.52. The van der Waals surface area contributed by atoms with E-state index in [0.717, 1.165) is 25.7 Å². The first-order chi connectivity index (χ1) is 9.51. The number of rotatable bonds is 4. The molecule has 1 N–H and O–H groups in total. The van der Waals surface area contributed by atoms with Gasteiger partial charge in [-0.05, 0) is 39.5 Å². The van der Waals surface area contributed by atoms with Gasteiger partial charge in [0.15, 0.2) is 0 Å². The smallest absolute Gasteiger partial charge is 0.340 e. The van der Waals surface area contributed by atoms with Crippen LogP contribution in [0.3, 0.4) is 0 Å². The van der Waals surface area contributed by atoms with Crippen LogP contribution in [0.25, 0.3) is 0 Å². The molecule has 6 heteroatoms. The average Bonchev–Trinajstić information content (AvgIpc) is 2.37. The summed E-state index contributed by atoms with van der Waals surface area (Å²) in [5.41, 5.74) is 0.770. The van der Waals surface area contributed by atoms with E-state index in [1.165, 1.54) is 0 Å². The van der Waals surface area contributed by atoms with E-state index in [-0.39, 0.29) is 11.7 Å². The van der Waals surface area contributed by atoms with Gasteiger partial charge in [0.1, 0.15) is 16.4 Å². The Morgan fingerprint density at radius 1 is 1.35 bits per heavy atom. The van der Waals surface area contributed by atoms with Crippen LogP contribution in [-0.2, 0) is 4.74 Å². The Morgan fingerprint density at radius 2 is 2.10 bits per heavy atom. The number of ether oxygens (including phenoxy) is 1. The standard InChI is InChI=1S/C14H20N2O3S/c1-8-12(14(17)18)13(16-9(2)15-8)20-11-6-4-5-10(7-11)19-3/h10-11H,4-7H2,1-3H3,(H,17,18). The first-order valence-corrected chi connectivity index (χ1v) is 7.67. The number of carboxylic acids is 1. The molecule has 0 radical (unpaired) electrons. The molecule has 0 amide bonds. The van der Waals surface area contributed by atoms with Gasteiger partial charge in [-0.3, -0.25) is 0 Å². The van der Waals surface area contributed by atoms with Gasteiger partial charge < -0.3 is 9.84 Å². The zero-order valence-corrected chi connectivity index (χ0v) is 12.9. The van der Waals surface area contributed by atoms with E-state index in [1.807, 2.05) is 0 Å². The summed E-state index contributed by atoms with van der Waals surface area (Å²) >= 11 is 1.55. The highest BCUT2D eigenvalue weighted by molar-refractivity contribution is 7.99. The van der Waals surface area contributed by atoms with Gasteiger partial charge in [0, 0.05) is 12.4 Å². The number of aromatic carboxylic acids is 1. The van der Waals surface area contributed by atoms with Crippen LogP contribution in [0.15, 0.2) is 5.03 Å². The Bertz CT molecular complexity index is 507. The predicted octanol–water partition coefficient (Wildman–Crippen LogP) is 2.84. The molecule has 0 saturated heterocycles. The van der Waals surface area contributed by atoms with Crippen LogP contribution in [0.2, 0.25) is 0 Å². The van der Waals surface area contributed by atoms with Crippen LogP contribution in [0.4, 0.5) is 0 Å². The topological polar surface area (TPSA) is 72.3 Å². The number of hydrogen-bond donors (Lipinski definition) is 1. The third-order valence-electron chi connectivity index (χ3n) is 3.57. The molecular formula is C14H20N2O3S. The van der Waals surface area contributed by atoms with Crippen molar-refractivity contribution in [2.45, 2.75) is 55.9 Å². The lowest BCUT2D eigenvalue weighted by Crippen LogP contribution is -2.23. The molecule has 0 bridgehead atoms. The number of thioether (sulfide) groups is 1. The van der Waals surface area contributed by atoms with Crippen LogP contribution >= 0.6 is 11.8 Å². The summed E-state index contributed by atoms with van der Waals surface area (Å²) in [5, 5.41) is 10.3. The number of methoxy groups -OCH3 is 1. The first-order valence-electron chi connectivity index (χ1n) is 6.79. The number of carbonyl (C=O) groups is 1. The monoisotopic (exact) mass is 296 g/mol. The molecule has 1 aromatic rings. The maximum absolute atomic E-state index is 11.4. The van der Waals surface area contributed by atoms with E-state index in [1.54, 1.807) is 32.7 Å². The first kappa shape index (κ1) is 15.3. The highest BCUT2D eigenvalue weighted by Crippen LogP contribution is 2.35. The summed E-state index contributed by atoms with van der Waals surface area (Å²) in [6, 6.07) is 0. The molecule has 2 unspecified atom stereocenters. The van der Waals surface area contributed by atoms with Gasteiger partial charge in [0.2, 0.25) is 0 Å². The Hall–Kier alpha value is -1.14. The van der Waals surface area contributed by atoms with Crippen molar-refractivity contribution in [3.63, 3.8) is 0 Å². The lowest BCUT2D eigenvalue weighted by molar-refractivity contribution is 0.0690. The predicted molar refractivity (Wildman–Crippen MR) is 77.4 cm³/mol. The Kier molecular flexibility index (Phi) is 4.99. The number of carboxylic acid groups (broad SMARTS) is 1. The third kappa shape index (κ3) is 3.49. The molecule has 1 fully saturated rings. The highest BCUT2D eigenvalue weighted by atomic mass is 32.2. The zero-order chi connectivity index (χ0) is 14.7. The molecule has 20 heavy (non-hydrogen) atoms. The fraction of sp³-hybridized carbons (Fsp3) is 0.643. The van der Waals surface area contributed by atoms with Crippen LogP contribution in [0.5, 0.6) is 0 Å². The van der Waals surface area contributed by atoms with Crippen LogP contribution < -0.4 is 0 Å². The molecule has 1 aliphatic rings. The van der Waals surface area contributed by atoms with Crippen LogP contribution in [0, 0.1) is 13.8 Å². The lowest BCUT2D eigenvalue weighted by atomic mass is 9.97. The summed E-state index contributed by atoms with van der Waals surface area (Å²) < 4.78 is 5.42. The van der Waals surface area contributed by atoms with E-state index >= 15 is 0 Å². The highest BCUT2D eigenvalue weighted by Gasteiger charge is 2.26. The Balaban J connectivity index is 2.22. The molecule has 0 aromatic carbocycles.